The largest absolute Gasteiger partial charge is 0.349 e. The fraction of sp³-hybridized carbons (Fsp3) is 0.588. The molecule has 0 saturated carbocycles. The molecule has 1 amide bonds. The zero-order chi connectivity index (χ0) is 15.9. The fourth-order valence-corrected chi connectivity index (χ4v) is 2.94. The van der Waals surface area contributed by atoms with Gasteiger partial charge in [-0.05, 0) is 44.3 Å². The quantitative estimate of drug-likeness (QED) is 0.811. The van der Waals surface area contributed by atoms with Gasteiger partial charge in [0.15, 0.2) is 0 Å². The van der Waals surface area contributed by atoms with Crippen molar-refractivity contribution in [1.82, 2.24) is 10.6 Å². The number of rotatable bonds is 7. The van der Waals surface area contributed by atoms with E-state index < -0.39 is 11.6 Å². The van der Waals surface area contributed by atoms with Gasteiger partial charge in [0.1, 0.15) is 11.6 Å². The molecule has 2 unspecified atom stereocenters. The van der Waals surface area contributed by atoms with Crippen molar-refractivity contribution in [1.29, 1.82) is 0 Å². The van der Waals surface area contributed by atoms with E-state index in [2.05, 4.69) is 10.6 Å². The van der Waals surface area contributed by atoms with E-state index in [4.69, 9.17) is 0 Å². The molecule has 0 spiro atoms. The average Bonchev–Trinajstić information content (AvgIpc) is 2.98. The Hall–Kier alpha value is -1.49. The summed E-state index contributed by atoms with van der Waals surface area (Å²) in [6.45, 7) is 3.97. The van der Waals surface area contributed by atoms with Crippen molar-refractivity contribution in [3.05, 3.63) is 35.4 Å². The maximum absolute atomic E-state index is 13.9. The predicted octanol–water partition coefficient (Wildman–Crippen LogP) is 3.31. The summed E-state index contributed by atoms with van der Waals surface area (Å²) in [5, 5.41) is 6.18. The minimum atomic E-state index is -0.600. The lowest BCUT2D eigenvalue weighted by molar-refractivity contribution is -0.122. The van der Waals surface area contributed by atoms with Crippen LogP contribution in [-0.4, -0.2) is 19.0 Å². The molecular weight excluding hydrogens is 286 g/mol. The number of nitrogens with one attached hydrogen (secondary N) is 2. The lowest BCUT2D eigenvalue weighted by Gasteiger charge is -2.20. The Morgan fingerprint density at radius 1 is 1.45 bits per heavy atom. The van der Waals surface area contributed by atoms with Crippen molar-refractivity contribution < 1.29 is 13.6 Å². The fourth-order valence-electron chi connectivity index (χ4n) is 2.94. The molecule has 1 aliphatic heterocycles. The molecule has 1 aromatic rings. The average molecular weight is 310 g/mol. The number of hydrogen-bond acceptors (Lipinski definition) is 2. The van der Waals surface area contributed by atoms with E-state index >= 15 is 0 Å². The molecule has 122 valence electrons. The van der Waals surface area contributed by atoms with Crippen LogP contribution < -0.4 is 10.6 Å². The second-order valence-electron chi connectivity index (χ2n) is 5.97. The molecule has 0 aliphatic carbocycles. The molecule has 2 rings (SSSR count). The standard InChI is InChI=1S/C17H24F2N2O/c1-2-3-16(14-6-5-13(18)10-15(14)19)21-17(22)7-4-12-8-9-20-11-12/h5-6,10,12,16,20H,2-4,7-9,11H2,1H3,(H,21,22). The number of hydrogen-bond donors (Lipinski definition) is 2. The summed E-state index contributed by atoms with van der Waals surface area (Å²) in [7, 11) is 0. The number of amides is 1. The van der Waals surface area contributed by atoms with Gasteiger partial charge >= 0.3 is 0 Å². The van der Waals surface area contributed by atoms with Crippen molar-refractivity contribution in [2.45, 2.75) is 45.1 Å². The van der Waals surface area contributed by atoms with Crippen LogP contribution >= 0.6 is 0 Å². The van der Waals surface area contributed by atoms with Gasteiger partial charge in [0.2, 0.25) is 5.91 Å². The summed E-state index contributed by atoms with van der Waals surface area (Å²) in [4.78, 5) is 12.1. The molecule has 0 bridgehead atoms. The summed E-state index contributed by atoms with van der Waals surface area (Å²) in [5.74, 6) is -0.706. The second kappa shape index (κ2) is 8.22. The van der Waals surface area contributed by atoms with Crippen LogP contribution in [0.1, 0.15) is 50.6 Å². The van der Waals surface area contributed by atoms with Crippen LogP contribution in [0.4, 0.5) is 8.78 Å². The van der Waals surface area contributed by atoms with E-state index in [0.29, 0.717) is 24.3 Å². The first-order valence-corrected chi connectivity index (χ1v) is 8.05. The molecule has 2 atom stereocenters. The van der Waals surface area contributed by atoms with Gasteiger partial charge in [0, 0.05) is 18.1 Å². The lowest BCUT2D eigenvalue weighted by atomic mass is 9.99. The Kier molecular flexibility index (Phi) is 6.31. The van der Waals surface area contributed by atoms with Crippen molar-refractivity contribution >= 4 is 5.91 Å². The molecular formula is C17H24F2N2O. The van der Waals surface area contributed by atoms with Crippen LogP contribution in [0.3, 0.4) is 0 Å². The minimum Gasteiger partial charge on any atom is -0.349 e. The van der Waals surface area contributed by atoms with Gasteiger partial charge in [0.05, 0.1) is 6.04 Å². The summed E-state index contributed by atoms with van der Waals surface area (Å²) in [5.41, 5.74) is 0.360. The number of carbonyl (C=O) groups excluding carboxylic acids is 1. The van der Waals surface area contributed by atoms with Crippen molar-refractivity contribution in [2.75, 3.05) is 13.1 Å². The van der Waals surface area contributed by atoms with Crippen LogP contribution in [-0.2, 0) is 4.79 Å². The van der Waals surface area contributed by atoms with Crippen molar-refractivity contribution in [3.8, 4) is 0 Å². The highest BCUT2D eigenvalue weighted by Gasteiger charge is 2.20. The molecule has 3 nitrogen and oxygen atoms in total. The third kappa shape index (κ3) is 4.77. The van der Waals surface area contributed by atoms with Crippen LogP contribution in [0.5, 0.6) is 0 Å². The summed E-state index contributed by atoms with van der Waals surface area (Å²) >= 11 is 0. The summed E-state index contributed by atoms with van der Waals surface area (Å²) in [6, 6.07) is 3.14. The third-order valence-corrected chi connectivity index (χ3v) is 4.19. The Morgan fingerprint density at radius 3 is 2.91 bits per heavy atom. The topological polar surface area (TPSA) is 41.1 Å². The van der Waals surface area contributed by atoms with Gasteiger partial charge in [-0.1, -0.05) is 19.4 Å². The molecule has 1 fully saturated rings. The number of benzene rings is 1. The van der Waals surface area contributed by atoms with E-state index in [1.54, 1.807) is 0 Å². The first-order chi connectivity index (χ1) is 10.6. The molecule has 1 heterocycles. The van der Waals surface area contributed by atoms with Gasteiger partial charge < -0.3 is 10.6 Å². The predicted molar refractivity (Wildman–Crippen MR) is 82.4 cm³/mol. The first-order valence-electron chi connectivity index (χ1n) is 8.05. The monoisotopic (exact) mass is 310 g/mol. The minimum absolute atomic E-state index is 0.0610. The van der Waals surface area contributed by atoms with Gasteiger partial charge in [-0.2, -0.15) is 0 Å². The molecule has 1 saturated heterocycles. The van der Waals surface area contributed by atoms with E-state index in [1.807, 2.05) is 6.92 Å². The maximum atomic E-state index is 13.9. The first kappa shape index (κ1) is 16.9. The van der Waals surface area contributed by atoms with Crippen LogP contribution in [0.2, 0.25) is 0 Å². The van der Waals surface area contributed by atoms with Gasteiger partial charge in [-0.25, -0.2) is 8.78 Å². The number of halogens is 2. The molecule has 22 heavy (non-hydrogen) atoms. The van der Waals surface area contributed by atoms with E-state index in [0.717, 1.165) is 38.4 Å². The van der Waals surface area contributed by atoms with Crippen LogP contribution in [0.25, 0.3) is 0 Å². The van der Waals surface area contributed by atoms with E-state index in [-0.39, 0.29) is 11.9 Å². The molecule has 0 aromatic heterocycles. The zero-order valence-electron chi connectivity index (χ0n) is 13.0. The van der Waals surface area contributed by atoms with Crippen LogP contribution in [0.15, 0.2) is 18.2 Å². The highest BCUT2D eigenvalue weighted by Crippen LogP contribution is 2.23. The van der Waals surface area contributed by atoms with Gasteiger partial charge in [0.25, 0.3) is 0 Å². The summed E-state index contributed by atoms with van der Waals surface area (Å²) < 4.78 is 26.9. The molecule has 0 radical (unpaired) electrons. The highest BCUT2D eigenvalue weighted by molar-refractivity contribution is 5.76. The normalized spacial score (nSPS) is 19.1. The van der Waals surface area contributed by atoms with Gasteiger partial charge in [-0.15, -0.1) is 0 Å². The zero-order valence-corrected chi connectivity index (χ0v) is 13.0. The lowest BCUT2D eigenvalue weighted by Crippen LogP contribution is -2.29. The Labute approximate surface area is 130 Å². The Morgan fingerprint density at radius 2 is 2.27 bits per heavy atom. The SMILES string of the molecule is CCCC(NC(=O)CCC1CCNC1)c1ccc(F)cc1F. The Bertz CT molecular complexity index is 501. The molecule has 5 heteroatoms. The second-order valence-corrected chi connectivity index (χ2v) is 5.97. The van der Waals surface area contributed by atoms with Crippen molar-refractivity contribution in [2.24, 2.45) is 5.92 Å². The molecule has 1 aromatic carbocycles. The summed E-state index contributed by atoms with van der Waals surface area (Å²) in [6.07, 6.45) is 3.87. The maximum Gasteiger partial charge on any atom is 0.220 e. The third-order valence-electron chi connectivity index (χ3n) is 4.19. The van der Waals surface area contributed by atoms with Crippen molar-refractivity contribution in [3.63, 3.8) is 0 Å². The number of carbonyl (C=O) groups is 1. The van der Waals surface area contributed by atoms with Crippen LogP contribution in [0, 0.1) is 17.6 Å². The van der Waals surface area contributed by atoms with E-state index in [1.165, 1.54) is 12.1 Å². The van der Waals surface area contributed by atoms with E-state index in [9.17, 15) is 13.6 Å². The molecule has 2 N–H and O–H groups in total. The Balaban J connectivity index is 1.93. The van der Waals surface area contributed by atoms with Gasteiger partial charge in [-0.3, -0.25) is 4.79 Å². The highest BCUT2D eigenvalue weighted by atomic mass is 19.1. The molecule has 1 aliphatic rings. The smallest absolute Gasteiger partial charge is 0.220 e.